The number of nitrogens with zero attached hydrogens (tertiary/aromatic N) is 3. The molecule has 2 saturated heterocycles. The second-order valence-electron chi connectivity index (χ2n) is 9.48. The molecule has 3 amide bonds. The Bertz CT molecular complexity index is 787. The highest BCUT2D eigenvalue weighted by Gasteiger charge is 2.39. The number of benzene rings is 1. The molecule has 3 fully saturated rings. The Morgan fingerprint density at radius 3 is 1.70 bits per heavy atom. The molecule has 1 aromatic rings. The van der Waals surface area contributed by atoms with Gasteiger partial charge in [0.2, 0.25) is 17.7 Å². The summed E-state index contributed by atoms with van der Waals surface area (Å²) in [6, 6.07) is 9.88. The number of hydrogen-bond acceptors (Lipinski definition) is 3. The summed E-state index contributed by atoms with van der Waals surface area (Å²) in [4.78, 5) is 44.1. The van der Waals surface area contributed by atoms with Crippen LogP contribution >= 0.6 is 0 Å². The maximum Gasteiger partial charge on any atom is 0.232 e. The normalized spacial score (nSPS) is 20.9. The van der Waals surface area contributed by atoms with Crippen LogP contribution in [0.1, 0.15) is 45.1 Å². The average Bonchev–Trinajstić information content (AvgIpc) is 3.64. The number of hydrogen-bond donors (Lipinski definition) is 0. The van der Waals surface area contributed by atoms with Gasteiger partial charge in [-0.15, -0.1) is 0 Å². The van der Waals surface area contributed by atoms with Gasteiger partial charge in [0.25, 0.3) is 0 Å². The number of carbonyl (C=O) groups excluding carboxylic acids is 3. The van der Waals surface area contributed by atoms with Gasteiger partial charge in [0.15, 0.2) is 0 Å². The van der Waals surface area contributed by atoms with Gasteiger partial charge in [0.1, 0.15) is 0 Å². The Hall–Kier alpha value is -2.37. The van der Waals surface area contributed by atoms with Crippen molar-refractivity contribution in [1.82, 2.24) is 14.7 Å². The molecular weight excluding hydrogens is 378 g/mol. The third kappa shape index (κ3) is 4.23. The van der Waals surface area contributed by atoms with Crippen molar-refractivity contribution in [3.05, 3.63) is 35.9 Å². The van der Waals surface area contributed by atoms with E-state index in [1.54, 1.807) is 0 Å². The van der Waals surface area contributed by atoms with E-state index in [0.717, 1.165) is 31.2 Å². The van der Waals surface area contributed by atoms with Gasteiger partial charge >= 0.3 is 0 Å². The second kappa shape index (κ2) is 8.40. The maximum absolute atomic E-state index is 13.1. The highest BCUT2D eigenvalue weighted by Crippen LogP contribution is 2.33. The smallest absolute Gasteiger partial charge is 0.232 e. The van der Waals surface area contributed by atoms with E-state index in [1.807, 2.05) is 58.9 Å². The Morgan fingerprint density at radius 2 is 1.17 bits per heavy atom. The Labute approximate surface area is 179 Å². The van der Waals surface area contributed by atoms with E-state index < -0.39 is 5.41 Å². The number of likely N-dealkylation sites (tertiary alicyclic amines) is 1. The van der Waals surface area contributed by atoms with Crippen LogP contribution in [-0.2, 0) is 19.8 Å². The SMILES string of the molecule is CC(C)(C(=O)N1CCN(C(=O)C2CCN(C(=O)C3CC3)CC2)CC1)c1ccccc1. The van der Waals surface area contributed by atoms with Crippen molar-refractivity contribution in [2.45, 2.75) is 44.9 Å². The fraction of sp³-hybridized carbons (Fsp3) is 0.625. The Balaban J connectivity index is 1.27. The highest BCUT2D eigenvalue weighted by atomic mass is 16.2. The van der Waals surface area contributed by atoms with Gasteiger partial charge in [0.05, 0.1) is 5.41 Å². The van der Waals surface area contributed by atoms with Crippen LogP contribution in [0.4, 0.5) is 0 Å². The Kier molecular flexibility index (Phi) is 5.85. The third-order valence-electron chi connectivity index (χ3n) is 6.99. The Morgan fingerprint density at radius 1 is 0.700 bits per heavy atom. The molecule has 0 aromatic heterocycles. The summed E-state index contributed by atoms with van der Waals surface area (Å²) in [5.74, 6) is 0.865. The van der Waals surface area contributed by atoms with Gasteiger partial charge in [0, 0.05) is 51.1 Å². The lowest BCUT2D eigenvalue weighted by atomic mass is 9.83. The van der Waals surface area contributed by atoms with Crippen molar-refractivity contribution in [2.75, 3.05) is 39.3 Å². The van der Waals surface area contributed by atoms with Crippen molar-refractivity contribution in [3.63, 3.8) is 0 Å². The fourth-order valence-corrected chi connectivity index (χ4v) is 4.70. The van der Waals surface area contributed by atoms with E-state index in [2.05, 4.69) is 0 Å². The molecule has 3 aliphatic rings. The minimum Gasteiger partial charge on any atom is -0.342 e. The summed E-state index contributed by atoms with van der Waals surface area (Å²) >= 11 is 0. The minimum atomic E-state index is -0.575. The molecule has 0 bridgehead atoms. The fourth-order valence-electron chi connectivity index (χ4n) is 4.70. The number of piperazine rings is 1. The summed E-state index contributed by atoms with van der Waals surface area (Å²) in [7, 11) is 0. The van der Waals surface area contributed by atoms with E-state index in [-0.39, 0.29) is 29.6 Å². The first-order valence-electron chi connectivity index (χ1n) is 11.3. The zero-order valence-corrected chi connectivity index (χ0v) is 18.2. The predicted octanol–water partition coefficient (Wildman–Crippen LogP) is 2.28. The van der Waals surface area contributed by atoms with E-state index in [0.29, 0.717) is 39.3 Å². The van der Waals surface area contributed by atoms with E-state index >= 15 is 0 Å². The van der Waals surface area contributed by atoms with Crippen LogP contribution in [0.15, 0.2) is 30.3 Å². The van der Waals surface area contributed by atoms with Crippen molar-refractivity contribution >= 4 is 17.7 Å². The van der Waals surface area contributed by atoms with Gasteiger partial charge in [-0.25, -0.2) is 0 Å². The van der Waals surface area contributed by atoms with Gasteiger partial charge in [-0.05, 0) is 45.1 Å². The summed E-state index contributed by atoms with van der Waals surface area (Å²) in [6.45, 7) is 7.70. The van der Waals surface area contributed by atoms with E-state index in [4.69, 9.17) is 0 Å². The molecule has 0 radical (unpaired) electrons. The summed E-state index contributed by atoms with van der Waals surface area (Å²) in [5.41, 5.74) is 0.440. The first kappa shape index (κ1) is 20.9. The lowest BCUT2D eigenvalue weighted by Gasteiger charge is -2.40. The zero-order chi connectivity index (χ0) is 21.3. The first-order valence-corrected chi connectivity index (χ1v) is 11.3. The molecule has 6 heteroatoms. The van der Waals surface area contributed by atoms with Crippen LogP contribution in [0.2, 0.25) is 0 Å². The van der Waals surface area contributed by atoms with E-state index in [1.165, 1.54) is 0 Å². The molecular formula is C24H33N3O3. The van der Waals surface area contributed by atoms with Crippen LogP contribution < -0.4 is 0 Å². The molecule has 2 heterocycles. The van der Waals surface area contributed by atoms with Gasteiger partial charge in [-0.3, -0.25) is 14.4 Å². The first-order chi connectivity index (χ1) is 14.4. The number of amides is 3. The van der Waals surface area contributed by atoms with Crippen molar-refractivity contribution in [1.29, 1.82) is 0 Å². The minimum absolute atomic E-state index is 0.0104. The van der Waals surface area contributed by atoms with Gasteiger partial charge < -0.3 is 14.7 Å². The molecule has 30 heavy (non-hydrogen) atoms. The zero-order valence-electron chi connectivity index (χ0n) is 18.2. The molecule has 1 aliphatic carbocycles. The lowest BCUT2D eigenvalue weighted by Crippen LogP contribution is -2.55. The number of rotatable bonds is 4. The average molecular weight is 412 g/mol. The van der Waals surface area contributed by atoms with E-state index in [9.17, 15) is 14.4 Å². The molecule has 0 atom stereocenters. The lowest BCUT2D eigenvalue weighted by molar-refractivity contribution is -0.146. The predicted molar refractivity (Wildman–Crippen MR) is 115 cm³/mol. The quantitative estimate of drug-likeness (QED) is 0.764. The van der Waals surface area contributed by atoms with Crippen LogP contribution in [0.25, 0.3) is 0 Å². The molecule has 0 spiro atoms. The molecule has 162 valence electrons. The van der Waals surface area contributed by atoms with Crippen molar-refractivity contribution in [2.24, 2.45) is 11.8 Å². The standard InChI is InChI=1S/C24H33N3O3/c1-24(2,20-6-4-3-5-7-20)23(30)27-16-14-26(15-17-27)22(29)19-10-12-25(13-11-19)21(28)18-8-9-18/h3-7,18-19H,8-17H2,1-2H3. The molecule has 2 aliphatic heterocycles. The molecule has 6 nitrogen and oxygen atoms in total. The molecule has 0 N–H and O–H groups in total. The van der Waals surface area contributed by atoms with Crippen LogP contribution in [0.5, 0.6) is 0 Å². The maximum atomic E-state index is 13.1. The molecule has 4 rings (SSSR count). The van der Waals surface area contributed by atoms with Crippen LogP contribution in [0.3, 0.4) is 0 Å². The monoisotopic (exact) mass is 411 g/mol. The van der Waals surface area contributed by atoms with Crippen LogP contribution in [0, 0.1) is 11.8 Å². The number of piperidine rings is 1. The topological polar surface area (TPSA) is 60.9 Å². The molecule has 1 saturated carbocycles. The van der Waals surface area contributed by atoms with Crippen molar-refractivity contribution < 1.29 is 14.4 Å². The summed E-state index contributed by atoms with van der Waals surface area (Å²) in [6.07, 6.45) is 3.58. The largest absolute Gasteiger partial charge is 0.342 e. The summed E-state index contributed by atoms with van der Waals surface area (Å²) in [5, 5.41) is 0. The molecule has 1 aromatic carbocycles. The highest BCUT2D eigenvalue weighted by molar-refractivity contribution is 5.88. The van der Waals surface area contributed by atoms with Gasteiger partial charge in [-0.2, -0.15) is 0 Å². The molecule has 0 unspecified atom stereocenters. The number of carbonyl (C=O) groups is 3. The third-order valence-corrected chi connectivity index (χ3v) is 6.99. The summed E-state index contributed by atoms with van der Waals surface area (Å²) < 4.78 is 0. The second-order valence-corrected chi connectivity index (χ2v) is 9.48. The van der Waals surface area contributed by atoms with Crippen molar-refractivity contribution in [3.8, 4) is 0 Å². The van der Waals surface area contributed by atoms with Gasteiger partial charge in [-0.1, -0.05) is 30.3 Å². The van der Waals surface area contributed by atoms with Crippen LogP contribution in [-0.4, -0.2) is 71.7 Å².